The second-order valence-corrected chi connectivity index (χ2v) is 7.37. The Labute approximate surface area is 172 Å². The first-order chi connectivity index (χ1) is 14.2. The third-order valence-electron chi connectivity index (χ3n) is 5.09. The predicted molar refractivity (Wildman–Crippen MR) is 104 cm³/mol. The van der Waals surface area contributed by atoms with Gasteiger partial charge in [0.1, 0.15) is 6.10 Å². The van der Waals surface area contributed by atoms with Crippen LogP contribution in [0.15, 0.2) is 42.6 Å². The molecule has 8 heteroatoms. The highest BCUT2D eigenvalue weighted by Gasteiger charge is 2.31. The van der Waals surface area contributed by atoms with Crippen molar-refractivity contribution in [2.24, 2.45) is 0 Å². The van der Waals surface area contributed by atoms with Crippen LogP contribution < -0.4 is 4.74 Å². The van der Waals surface area contributed by atoms with Gasteiger partial charge in [-0.3, -0.25) is 9.59 Å². The Morgan fingerprint density at radius 1 is 1.07 bits per heavy atom. The Kier molecular flexibility index (Phi) is 6.74. The molecule has 1 amide bonds. The van der Waals surface area contributed by atoms with Crippen LogP contribution in [0, 0.1) is 6.92 Å². The highest BCUT2D eigenvalue weighted by Crippen LogP contribution is 2.29. The molecule has 1 fully saturated rings. The summed E-state index contributed by atoms with van der Waals surface area (Å²) in [7, 11) is 0. The fraction of sp³-hybridized carbons (Fsp3) is 0.409. The molecule has 30 heavy (non-hydrogen) atoms. The molecule has 5 nitrogen and oxygen atoms in total. The summed E-state index contributed by atoms with van der Waals surface area (Å²) in [5, 5.41) is 0. The minimum atomic E-state index is -4.43. The van der Waals surface area contributed by atoms with Gasteiger partial charge in [0, 0.05) is 56.6 Å². The maximum atomic E-state index is 12.6. The van der Waals surface area contributed by atoms with Crippen LogP contribution in [0.1, 0.15) is 47.2 Å². The molecule has 3 rings (SSSR count). The predicted octanol–water partition coefficient (Wildman–Crippen LogP) is 4.44. The molecule has 0 unspecified atom stereocenters. The summed E-state index contributed by atoms with van der Waals surface area (Å²) in [4.78, 5) is 30.0. The normalized spacial score (nSPS) is 15.1. The van der Waals surface area contributed by atoms with Gasteiger partial charge >= 0.3 is 6.18 Å². The van der Waals surface area contributed by atoms with Crippen molar-refractivity contribution in [1.82, 2.24) is 9.88 Å². The van der Waals surface area contributed by atoms with Crippen LogP contribution in [0.3, 0.4) is 0 Å². The van der Waals surface area contributed by atoms with Crippen molar-refractivity contribution in [2.45, 2.75) is 44.9 Å². The Morgan fingerprint density at radius 2 is 1.73 bits per heavy atom. The average molecular weight is 420 g/mol. The summed E-state index contributed by atoms with van der Waals surface area (Å²) in [6.07, 6.45) is -2.47. The highest BCUT2D eigenvalue weighted by atomic mass is 19.4. The minimum absolute atomic E-state index is 0.0602. The van der Waals surface area contributed by atoms with Gasteiger partial charge in [-0.1, -0.05) is 29.8 Å². The van der Waals surface area contributed by atoms with Gasteiger partial charge in [0.05, 0.1) is 5.56 Å². The third kappa shape index (κ3) is 5.81. The van der Waals surface area contributed by atoms with Gasteiger partial charge in [0.25, 0.3) is 0 Å². The van der Waals surface area contributed by atoms with Crippen LogP contribution in [0.5, 0.6) is 5.88 Å². The molecule has 1 aromatic heterocycles. The maximum absolute atomic E-state index is 12.6. The smallest absolute Gasteiger partial charge is 0.417 e. The van der Waals surface area contributed by atoms with Crippen molar-refractivity contribution in [2.75, 3.05) is 13.1 Å². The number of hydrogen-bond acceptors (Lipinski definition) is 4. The molecule has 160 valence electrons. The van der Waals surface area contributed by atoms with Crippen molar-refractivity contribution in [3.05, 3.63) is 59.3 Å². The summed E-state index contributed by atoms with van der Waals surface area (Å²) < 4.78 is 43.4. The fourth-order valence-corrected chi connectivity index (χ4v) is 3.27. The van der Waals surface area contributed by atoms with Crippen LogP contribution in [0.25, 0.3) is 0 Å². The van der Waals surface area contributed by atoms with Gasteiger partial charge in [0.2, 0.25) is 11.8 Å². The number of Topliss-reactive ketones (excluding diaryl/α,β-unsaturated/α-hetero) is 1. The molecule has 0 radical (unpaired) electrons. The Hall–Kier alpha value is -2.90. The topological polar surface area (TPSA) is 59.5 Å². The quantitative estimate of drug-likeness (QED) is 0.649. The molecule has 0 bridgehead atoms. The number of amides is 1. The first kappa shape index (κ1) is 21.8. The summed E-state index contributed by atoms with van der Waals surface area (Å²) >= 11 is 0. The molecule has 1 aromatic carbocycles. The number of carbonyl (C=O) groups excluding carboxylic acids is 2. The van der Waals surface area contributed by atoms with Crippen LogP contribution in [-0.4, -0.2) is 40.8 Å². The van der Waals surface area contributed by atoms with Gasteiger partial charge in [-0.05, 0) is 13.0 Å². The van der Waals surface area contributed by atoms with E-state index >= 15 is 0 Å². The molecular formula is C22H23F3N2O3. The highest BCUT2D eigenvalue weighted by molar-refractivity contribution is 5.97. The molecule has 0 atom stereocenters. The number of alkyl halides is 3. The van der Waals surface area contributed by atoms with Crippen LogP contribution in [-0.2, 0) is 11.0 Å². The van der Waals surface area contributed by atoms with E-state index in [9.17, 15) is 22.8 Å². The van der Waals surface area contributed by atoms with Crippen LogP contribution in [0.4, 0.5) is 13.2 Å². The van der Waals surface area contributed by atoms with E-state index in [0.29, 0.717) is 31.5 Å². The number of piperidine rings is 1. The Bertz CT molecular complexity index is 872. The largest absolute Gasteiger partial charge is 0.474 e. The number of likely N-dealkylation sites (tertiary alicyclic amines) is 1. The molecule has 0 aliphatic carbocycles. The van der Waals surface area contributed by atoms with Gasteiger partial charge in [0.15, 0.2) is 5.78 Å². The lowest BCUT2D eigenvalue weighted by Gasteiger charge is -2.32. The summed E-state index contributed by atoms with van der Waals surface area (Å²) in [5.41, 5.74) is 0.846. The number of ether oxygens (including phenoxy) is 1. The summed E-state index contributed by atoms with van der Waals surface area (Å²) in [6, 6.07) is 9.40. The number of nitrogens with zero attached hydrogens (tertiary/aromatic N) is 2. The summed E-state index contributed by atoms with van der Waals surface area (Å²) in [6.45, 7) is 2.89. The van der Waals surface area contributed by atoms with E-state index in [2.05, 4.69) is 4.98 Å². The van der Waals surface area contributed by atoms with Crippen LogP contribution >= 0.6 is 0 Å². The zero-order valence-corrected chi connectivity index (χ0v) is 16.6. The Balaban J connectivity index is 1.43. The number of aromatic nitrogens is 1. The van der Waals surface area contributed by atoms with E-state index in [-0.39, 0.29) is 36.5 Å². The maximum Gasteiger partial charge on any atom is 0.417 e. The van der Waals surface area contributed by atoms with Crippen molar-refractivity contribution in [3.8, 4) is 5.88 Å². The number of rotatable bonds is 6. The van der Waals surface area contributed by atoms with Gasteiger partial charge in [-0.2, -0.15) is 13.2 Å². The monoisotopic (exact) mass is 420 g/mol. The molecule has 0 N–H and O–H groups in total. The van der Waals surface area contributed by atoms with E-state index in [1.54, 1.807) is 17.0 Å². The van der Waals surface area contributed by atoms with E-state index in [1.807, 2.05) is 19.1 Å². The molecule has 2 heterocycles. The third-order valence-corrected chi connectivity index (χ3v) is 5.09. The number of pyridine rings is 1. The van der Waals surface area contributed by atoms with E-state index in [4.69, 9.17) is 4.74 Å². The molecule has 1 saturated heterocycles. The summed E-state index contributed by atoms with van der Waals surface area (Å²) in [5.74, 6) is -0.00650. The standard InChI is InChI=1S/C22H23F3N2O3/c1-15-2-4-16(5-3-15)19(28)7-9-21(29)27-12-10-18(11-13-27)30-20-8-6-17(14-26-20)22(23,24)25/h2-6,8,14,18H,7,9-13H2,1H3. The molecule has 1 aliphatic heterocycles. The Morgan fingerprint density at radius 3 is 2.30 bits per heavy atom. The second kappa shape index (κ2) is 9.28. The average Bonchev–Trinajstić information content (AvgIpc) is 2.72. The first-order valence-corrected chi connectivity index (χ1v) is 9.80. The van der Waals surface area contributed by atoms with Gasteiger partial charge < -0.3 is 9.64 Å². The lowest BCUT2D eigenvalue weighted by atomic mass is 10.0. The minimum Gasteiger partial charge on any atom is -0.474 e. The van der Waals surface area contributed by atoms with E-state index < -0.39 is 11.7 Å². The van der Waals surface area contributed by atoms with Crippen molar-refractivity contribution in [1.29, 1.82) is 0 Å². The number of hydrogen-bond donors (Lipinski definition) is 0. The first-order valence-electron chi connectivity index (χ1n) is 9.80. The second-order valence-electron chi connectivity index (χ2n) is 7.37. The lowest BCUT2D eigenvalue weighted by molar-refractivity contribution is -0.137. The molecular weight excluding hydrogens is 397 g/mol. The van der Waals surface area contributed by atoms with E-state index in [0.717, 1.165) is 17.8 Å². The number of benzene rings is 1. The molecule has 1 aliphatic rings. The zero-order valence-electron chi connectivity index (χ0n) is 16.6. The zero-order chi connectivity index (χ0) is 21.7. The van der Waals surface area contributed by atoms with Crippen LogP contribution in [0.2, 0.25) is 0 Å². The lowest BCUT2D eigenvalue weighted by Crippen LogP contribution is -2.41. The fourth-order valence-electron chi connectivity index (χ4n) is 3.27. The van der Waals surface area contributed by atoms with Gasteiger partial charge in [-0.25, -0.2) is 4.98 Å². The van der Waals surface area contributed by atoms with Gasteiger partial charge in [-0.15, -0.1) is 0 Å². The number of ketones is 1. The van der Waals surface area contributed by atoms with Crippen molar-refractivity contribution < 1.29 is 27.5 Å². The molecule has 0 saturated carbocycles. The van der Waals surface area contributed by atoms with Crippen molar-refractivity contribution in [3.63, 3.8) is 0 Å². The molecule has 2 aromatic rings. The number of aryl methyl sites for hydroxylation is 1. The SMILES string of the molecule is Cc1ccc(C(=O)CCC(=O)N2CCC(Oc3ccc(C(F)(F)F)cn3)CC2)cc1. The number of carbonyl (C=O) groups is 2. The number of halogens is 3. The van der Waals surface area contributed by atoms with Crippen molar-refractivity contribution >= 4 is 11.7 Å². The molecule has 0 spiro atoms. The van der Waals surface area contributed by atoms with E-state index in [1.165, 1.54) is 6.07 Å².